The number of piperazine rings is 1. The fourth-order valence-electron chi connectivity index (χ4n) is 9.21. The average molecular weight is 774 g/mol. The molecule has 2 N–H and O–H groups in total. The molecule has 3 saturated heterocycles. The van der Waals surface area contributed by atoms with Gasteiger partial charge in [0.25, 0.3) is 11.5 Å². The van der Waals surface area contributed by atoms with E-state index in [-0.39, 0.29) is 41.1 Å². The molecule has 2 amide bonds. The number of carbonyl (C=O) groups excluding carboxylic acids is 2. The number of nitrogens with zero attached hydrogens (tertiary/aromatic N) is 8. The molecule has 10 rings (SSSR count). The highest BCUT2D eigenvalue weighted by Crippen LogP contribution is 2.49. The molecule has 4 fully saturated rings. The van der Waals surface area contributed by atoms with Crippen LogP contribution >= 0.6 is 0 Å². The Balaban J connectivity index is 0.952. The van der Waals surface area contributed by atoms with Crippen LogP contribution in [0, 0.1) is 0 Å². The largest absolute Gasteiger partial charge is 0.505 e. The summed E-state index contributed by atoms with van der Waals surface area (Å²) in [5, 5.41) is 18.0. The van der Waals surface area contributed by atoms with Crippen molar-refractivity contribution in [1.29, 1.82) is 0 Å². The number of hydrogen-bond acceptors (Lipinski definition) is 10. The maximum Gasteiger partial charge on any atom is 0.279 e. The third-order valence-electron chi connectivity index (χ3n) is 12.8. The van der Waals surface area contributed by atoms with Crippen LogP contribution in [0.2, 0.25) is 0 Å². The Labute approximate surface area is 327 Å². The van der Waals surface area contributed by atoms with E-state index in [9.17, 15) is 23.9 Å². The molecule has 2 aromatic carbocycles. The summed E-state index contributed by atoms with van der Waals surface area (Å²) in [4.78, 5) is 57.3. The molecule has 6 heterocycles. The molecule has 0 radical (unpaired) electrons. The van der Waals surface area contributed by atoms with Gasteiger partial charge < -0.3 is 29.5 Å². The summed E-state index contributed by atoms with van der Waals surface area (Å²) in [6.45, 7) is 6.09. The van der Waals surface area contributed by atoms with Gasteiger partial charge in [-0.15, -0.1) is 5.10 Å². The zero-order chi connectivity index (χ0) is 38.9. The molecule has 1 spiro atoms. The summed E-state index contributed by atoms with van der Waals surface area (Å²) in [7, 11) is 0. The van der Waals surface area contributed by atoms with Crippen LogP contribution in [-0.2, 0) is 33.6 Å². The second kappa shape index (κ2) is 13.8. The summed E-state index contributed by atoms with van der Waals surface area (Å²) >= 11 is 0. The Hall–Kier alpha value is -5.67. The molecule has 15 heteroatoms. The number of fused-ring (bicyclic) bond motifs is 3. The summed E-state index contributed by atoms with van der Waals surface area (Å²) in [6, 6.07) is 18.5. The quantitative estimate of drug-likeness (QED) is 0.238. The molecular formula is C42H44FN9O5. The minimum atomic E-state index is -1.27. The van der Waals surface area contributed by atoms with Gasteiger partial charge in [0.15, 0.2) is 11.5 Å². The summed E-state index contributed by atoms with van der Waals surface area (Å²) in [6.07, 6.45) is 4.78. The van der Waals surface area contributed by atoms with E-state index < -0.39 is 11.1 Å². The van der Waals surface area contributed by atoms with Crippen molar-refractivity contribution in [2.24, 2.45) is 0 Å². The number of likely N-dealkylation sites (tertiary alicyclic amines) is 1. The Morgan fingerprint density at radius 2 is 1.65 bits per heavy atom. The Morgan fingerprint density at radius 3 is 2.32 bits per heavy atom. The van der Waals surface area contributed by atoms with Crippen LogP contribution in [-0.4, -0.2) is 109 Å². The summed E-state index contributed by atoms with van der Waals surface area (Å²) in [5.74, 6) is -0.172. The average Bonchev–Trinajstić information content (AvgIpc) is 3.63. The second-order valence-electron chi connectivity index (χ2n) is 16.2. The molecule has 0 atom stereocenters. The van der Waals surface area contributed by atoms with Crippen molar-refractivity contribution in [2.75, 3.05) is 62.7 Å². The van der Waals surface area contributed by atoms with Crippen LogP contribution in [0.25, 0.3) is 17.2 Å². The van der Waals surface area contributed by atoms with Gasteiger partial charge in [-0.05, 0) is 92.6 Å². The van der Waals surface area contributed by atoms with E-state index in [2.05, 4.69) is 32.2 Å². The monoisotopic (exact) mass is 773 g/mol. The van der Waals surface area contributed by atoms with E-state index in [1.807, 2.05) is 16.7 Å². The van der Waals surface area contributed by atoms with E-state index in [4.69, 9.17) is 14.8 Å². The maximum absolute atomic E-state index is 14.6. The van der Waals surface area contributed by atoms with Gasteiger partial charge in [0, 0.05) is 79.1 Å². The number of amides is 2. The fraction of sp³-hybridized carbons (Fsp3) is 0.429. The van der Waals surface area contributed by atoms with Gasteiger partial charge in [-0.25, -0.2) is 9.37 Å². The number of nitrogens with one attached hydrogen (secondary N) is 1. The number of pyridine rings is 1. The molecule has 5 aromatic rings. The Kier molecular flexibility index (Phi) is 8.63. The molecule has 5 aliphatic rings. The van der Waals surface area contributed by atoms with E-state index in [0.717, 1.165) is 56.3 Å². The number of aromatic hydroxyl groups is 1. The van der Waals surface area contributed by atoms with Gasteiger partial charge in [-0.2, -0.15) is 9.50 Å². The lowest BCUT2D eigenvalue weighted by molar-refractivity contribution is -0.116. The standard InChI is InChI=1S/C42H44FN9O5/c43-42(13-14-42)28-5-7-29(8-6-28)45-34(54)24-51-32-11-12-41(15-18-50(19-16-41)39(56)36-33(53)2-1-17-44-36)35(32)38(55)52-40(51)46-37(47-52)27-3-9-30(10-4-27)48-20-22-49(23-21-48)31-25-57-26-31/h1-10,17,31,53H,11-16,18-26H2,(H,45,54). The number of carbonyl (C=O) groups is 2. The lowest BCUT2D eigenvalue weighted by Gasteiger charge is -2.43. The number of alkyl halides is 1. The van der Waals surface area contributed by atoms with E-state index in [1.54, 1.807) is 35.2 Å². The highest BCUT2D eigenvalue weighted by molar-refractivity contribution is 5.95. The highest BCUT2D eigenvalue weighted by Gasteiger charge is 2.47. The third-order valence-corrected chi connectivity index (χ3v) is 12.8. The fourth-order valence-corrected chi connectivity index (χ4v) is 9.21. The predicted molar refractivity (Wildman–Crippen MR) is 209 cm³/mol. The molecule has 2 aliphatic carbocycles. The van der Waals surface area contributed by atoms with E-state index >= 15 is 0 Å². The molecule has 294 valence electrons. The molecule has 57 heavy (non-hydrogen) atoms. The van der Waals surface area contributed by atoms with Gasteiger partial charge in [-0.1, -0.05) is 12.1 Å². The summed E-state index contributed by atoms with van der Waals surface area (Å²) in [5.41, 5.74) is 2.32. The number of piperidine rings is 1. The second-order valence-corrected chi connectivity index (χ2v) is 16.2. The zero-order valence-corrected chi connectivity index (χ0v) is 31.6. The van der Waals surface area contributed by atoms with E-state index in [0.29, 0.717) is 80.3 Å². The number of anilines is 2. The zero-order valence-electron chi connectivity index (χ0n) is 31.6. The van der Waals surface area contributed by atoms with Gasteiger partial charge in [0.1, 0.15) is 18.0 Å². The number of rotatable bonds is 8. The minimum Gasteiger partial charge on any atom is -0.505 e. The van der Waals surface area contributed by atoms with Crippen molar-refractivity contribution in [3.63, 3.8) is 0 Å². The number of benzene rings is 2. The van der Waals surface area contributed by atoms with Crippen LogP contribution in [0.3, 0.4) is 0 Å². The number of halogens is 1. The first-order valence-electron chi connectivity index (χ1n) is 19.9. The van der Waals surface area contributed by atoms with E-state index in [1.165, 1.54) is 16.8 Å². The van der Waals surface area contributed by atoms with Crippen molar-refractivity contribution in [2.45, 2.75) is 62.2 Å². The van der Waals surface area contributed by atoms with Crippen molar-refractivity contribution < 1.29 is 23.8 Å². The van der Waals surface area contributed by atoms with Gasteiger partial charge in [-0.3, -0.25) is 19.3 Å². The van der Waals surface area contributed by atoms with Crippen LogP contribution in [0.4, 0.5) is 15.8 Å². The Bertz CT molecular complexity index is 2430. The lowest BCUT2D eigenvalue weighted by Crippen LogP contribution is -2.56. The van der Waals surface area contributed by atoms with Gasteiger partial charge >= 0.3 is 0 Å². The van der Waals surface area contributed by atoms with Gasteiger partial charge in [0.2, 0.25) is 11.7 Å². The molecule has 3 aromatic heterocycles. The first-order valence-corrected chi connectivity index (χ1v) is 19.9. The molecule has 0 unspecified atom stereocenters. The molecule has 3 aliphatic heterocycles. The predicted octanol–water partition coefficient (Wildman–Crippen LogP) is 3.90. The normalized spacial score (nSPS) is 20.1. The van der Waals surface area contributed by atoms with Crippen LogP contribution in [0.5, 0.6) is 5.75 Å². The number of hydrogen-bond donors (Lipinski definition) is 2. The van der Waals surface area contributed by atoms with Crippen molar-refractivity contribution in [3.05, 3.63) is 99.7 Å². The summed E-state index contributed by atoms with van der Waals surface area (Å²) < 4.78 is 23.2. The first kappa shape index (κ1) is 35.7. The van der Waals surface area contributed by atoms with Crippen LogP contribution in [0.15, 0.2) is 71.7 Å². The van der Waals surface area contributed by atoms with Crippen molar-refractivity contribution >= 4 is 29.0 Å². The van der Waals surface area contributed by atoms with Crippen LogP contribution < -0.4 is 15.8 Å². The van der Waals surface area contributed by atoms with Gasteiger partial charge in [0.05, 0.1) is 19.3 Å². The minimum absolute atomic E-state index is 0.00645. The molecule has 14 nitrogen and oxygen atoms in total. The third kappa shape index (κ3) is 6.33. The lowest BCUT2D eigenvalue weighted by atomic mass is 9.74. The van der Waals surface area contributed by atoms with Crippen molar-refractivity contribution in [1.82, 2.24) is 33.9 Å². The molecule has 1 saturated carbocycles. The number of aromatic nitrogens is 5. The molecule has 0 bridgehead atoms. The molecular weight excluding hydrogens is 730 g/mol. The smallest absolute Gasteiger partial charge is 0.279 e. The topological polar surface area (TPSA) is 150 Å². The van der Waals surface area contributed by atoms with Crippen molar-refractivity contribution in [3.8, 4) is 17.1 Å². The number of ether oxygens (including phenoxy) is 1. The highest BCUT2D eigenvalue weighted by atomic mass is 19.1. The first-order chi connectivity index (χ1) is 27.7. The maximum atomic E-state index is 14.6. The van der Waals surface area contributed by atoms with Crippen LogP contribution in [0.1, 0.15) is 59.4 Å². The SMILES string of the molecule is O=C(Cn1c2c(c(=O)n3nc(-c4ccc(N5CCN(C6COC6)CC5)cc4)nc13)C1(CC2)CCN(C(=O)c2ncccc2O)CC1)Nc1ccc(C2(F)CC2)cc1. The Morgan fingerprint density at radius 1 is 0.912 bits per heavy atom.